The molecule has 1 amide bonds. The second kappa shape index (κ2) is 4.99. The predicted octanol–water partition coefficient (Wildman–Crippen LogP) is -0.416. The van der Waals surface area contributed by atoms with E-state index in [1.54, 1.807) is 4.90 Å². The van der Waals surface area contributed by atoms with Crippen molar-refractivity contribution >= 4 is 5.91 Å². The van der Waals surface area contributed by atoms with Gasteiger partial charge in [0.15, 0.2) is 0 Å². The van der Waals surface area contributed by atoms with Gasteiger partial charge >= 0.3 is 0 Å². The zero-order chi connectivity index (χ0) is 10.6. The van der Waals surface area contributed by atoms with E-state index in [0.717, 1.165) is 0 Å². The first-order valence-corrected chi connectivity index (χ1v) is 4.73. The Morgan fingerprint density at radius 2 is 2.57 bits per heavy atom. The number of terminal acetylenes is 1. The molecule has 4 heteroatoms. The third-order valence-electron chi connectivity index (χ3n) is 2.29. The summed E-state index contributed by atoms with van der Waals surface area (Å²) >= 11 is 0. The van der Waals surface area contributed by atoms with Gasteiger partial charge in [-0.25, -0.2) is 0 Å². The standard InChI is InChI=1S/C10H16N2O2/c1-3-4-10(13)12-5-6-14-9(7-12)8(2)11/h1,8-9H,4-7,11H2,2H3. The van der Waals surface area contributed by atoms with Crippen LogP contribution in [0, 0.1) is 12.3 Å². The van der Waals surface area contributed by atoms with Gasteiger partial charge in [0.1, 0.15) is 0 Å². The van der Waals surface area contributed by atoms with E-state index in [2.05, 4.69) is 5.92 Å². The summed E-state index contributed by atoms with van der Waals surface area (Å²) in [5.41, 5.74) is 5.70. The van der Waals surface area contributed by atoms with Crippen molar-refractivity contribution in [2.24, 2.45) is 5.73 Å². The van der Waals surface area contributed by atoms with Crippen molar-refractivity contribution in [3.05, 3.63) is 0 Å². The number of nitrogens with two attached hydrogens (primary N) is 1. The second-order valence-corrected chi connectivity index (χ2v) is 3.49. The molecule has 0 aliphatic carbocycles. The lowest BCUT2D eigenvalue weighted by atomic mass is 10.1. The zero-order valence-electron chi connectivity index (χ0n) is 8.40. The number of rotatable bonds is 2. The normalized spacial score (nSPS) is 24.1. The quantitative estimate of drug-likeness (QED) is 0.610. The molecule has 1 rings (SSSR count). The van der Waals surface area contributed by atoms with Crippen LogP contribution in [-0.2, 0) is 9.53 Å². The molecule has 1 fully saturated rings. The summed E-state index contributed by atoms with van der Waals surface area (Å²) in [5.74, 6) is 2.33. The zero-order valence-corrected chi connectivity index (χ0v) is 8.40. The number of nitrogens with zero attached hydrogens (tertiary/aromatic N) is 1. The number of morpholine rings is 1. The maximum absolute atomic E-state index is 11.5. The van der Waals surface area contributed by atoms with Crippen LogP contribution >= 0.6 is 0 Å². The van der Waals surface area contributed by atoms with E-state index in [-0.39, 0.29) is 24.5 Å². The van der Waals surface area contributed by atoms with Crippen molar-refractivity contribution in [3.8, 4) is 12.3 Å². The van der Waals surface area contributed by atoms with Gasteiger partial charge in [0.2, 0.25) is 5.91 Å². The van der Waals surface area contributed by atoms with Crippen molar-refractivity contribution < 1.29 is 9.53 Å². The number of hydrogen-bond donors (Lipinski definition) is 1. The highest BCUT2D eigenvalue weighted by Gasteiger charge is 2.25. The van der Waals surface area contributed by atoms with Crippen LogP contribution in [0.4, 0.5) is 0 Å². The fourth-order valence-electron chi connectivity index (χ4n) is 1.42. The first-order chi connectivity index (χ1) is 6.65. The highest BCUT2D eigenvalue weighted by molar-refractivity contribution is 5.78. The van der Waals surface area contributed by atoms with E-state index in [0.29, 0.717) is 19.7 Å². The van der Waals surface area contributed by atoms with E-state index in [1.807, 2.05) is 6.92 Å². The minimum Gasteiger partial charge on any atom is -0.373 e. The molecule has 0 aromatic carbocycles. The van der Waals surface area contributed by atoms with Crippen LogP contribution in [0.3, 0.4) is 0 Å². The lowest BCUT2D eigenvalue weighted by Gasteiger charge is -2.34. The van der Waals surface area contributed by atoms with E-state index in [4.69, 9.17) is 16.9 Å². The molecule has 4 nitrogen and oxygen atoms in total. The van der Waals surface area contributed by atoms with Crippen LogP contribution in [0.1, 0.15) is 13.3 Å². The highest BCUT2D eigenvalue weighted by Crippen LogP contribution is 2.08. The third-order valence-corrected chi connectivity index (χ3v) is 2.29. The van der Waals surface area contributed by atoms with Gasteiger partial charge in [-0.1, -0.05) is 5.92 Å². The van der Waals surface area contributed by atoms with Crippen molar-refractivity contribution in [1.29, 1.82) is 0 Å². The molecule has 2 N–H and O–H groups in total. The summed E-state index contributed by atoms with van der Waals surface area (Å²) in [6, 6.07) is -0.0589. The Morgan fingerprint density at radius 1 is 1.86 bits per heavy atom. The Hall–Kier alpha value is -1.05. The molecule has 0 bridgehead atoms. The van der Waals surface area contributed by atoms with Gasteiger partial charge in [0.05, 0.1) is 19.1 Å². The van der Waals surface area contributed by atoms with Gasteiger partial charge in [0.25, 0.3) is 0 Å². The maximum atomic E-state index is 11.5. The van der Waals surface area contributed by atoms with Gasteiger partial charge in [-0.15, -0.1) is 6.42 Å². The molecule has 14 heavy (non-hydrogen) atoms. The predicted molar refractivity (Wildman–Crippen MR) is 53.4 cm³/mol. The van der Waals surface area contributed by atoms with Crippen LogP contribution in [0.15, 0.2) is 0 Å². The number of carbonyl (C=O) groups is 1. The summed E-state index contributed by atoms with van der Waals surface area (Å²) in [6.07, 6.45) is 5.17. The Kier molecular flexibility index (Phi) is 3.93. The fourth-order valence-corrected chi connectivity index (χ4v) is 1.42. The smallest absolute Gasteiger partial charge is 0.234 e. The molecule has 0 radical (unpaired) electrons. The van der Waals surface area contributed by atoms with E-state index in [1.165, 1.54) is 0 Å². The van der Waals surface area contributed by atoms with E-state index >= 15 is 0 Å². The van der Waals surface area contributed by atoms with Gasteiger partial charge < -0.3 is 15.4 Å². The molecule has 0 spiro atoms. The summed E-state index contributed by atoms with van der Waals surface area (Å²) in [6.45, 7) is 3.59. The topological polar surface area (TPSA) is 55.6 Å². The van der Waals surface area contributed by atoms with E-state index < -0.39 is 0 Å². The van der Waals surface area contributed by atoms with Gasteiger partial charge in [0, 0.05) is 19.1 Å². The lowest BCUT2D eigenvalue weighted by Crippen LogP contribution is -2.51. The molecular formula is C10H16N2O2. The SMILES string of the molecule is C#CCC(=O)N1CCOC(C(C)N)C1. The molecule has 1 saturated heterocycles. The fraction of sp³-hybridized carbons (Fsp3) is 0.700. The Labute approximate surface area is 84.4 Å². The second-order valence-electron chi connectivity index (χ2n) is 3.49. The summed E-state index contributed by atoms with van der Waals surface area (Å²) < 4.78 is 5.43. The summed E-state index contributed by atoms with van der Waals surface area (Å²) in [5, 5.41) is 0. The minimum absolute atomic E-state index is 0.0125. The maximum Gasteiger partial charge on any atom is 0.234 e. The molecule has 1 aliphatic heterocycles. The molecule has 78 valence electrons. The average Bonchev–Trinajstić information content (AvgIpc) is 2.18. The number of amides is 1. The van der Waals surface area contributed by atoms with Crippen LogP contribution in [-0.4, -0.2) is 42.6 Å². The Balaban J connectivity index is 2.48. The van der Waals surface area contributed by atoms with Crippen molar-refractivity contribution in [1.82, 2.24) is 4.90 Å². The largest absolute Gasteiger partial charge is 0.373 e. The van der Waals surface area contributed by atoms with Gasteiger partial charge in [-0.3, -0.25) is 4.79 Å². The lowest BCUT2D eigenvalue weighted by molar-refractivity contribution is -0.138. The third kappa shape index (κ3) is 2.72. The molecular weight excluding hydrogens is 180 g/mol. The van der Waals surface area contributed by atoms with Crippen LogP contribution in [0.25, 0.3) is 0 Å². The molecule has 0 aromatic rings. The first kappa shape index (κ1) is 11.0. The number of ether oxygens (including phenoxy) is 1. The van der Waals surface area contributed by atoms with Crippen molar-refractivity contribution in [3.63, 3.8) is 0 Å². The van der Waals surface area contributed by atoms with Crippen LogP contribution in [0.5, 0.6) is 0 Å². The van der Waals surface area contributed by atoms with E-state index in [9.17, 15) is 4.79 Å². The minimum atomic E-state index is -0.0644. The molecule has 1 aliphatic rings. The van der Waals surface area contributed by atoms with Crippen molar-refractivity contribution in [2.45, 2.75) is 25.5 Å². The molecule has 1 heterocycles. The van der Waals surface area contributed by atoms with Crippen LogP contribution < -0.4 is 5.73 Å². The molecule has 2 atom stereocenters. The van der Waals surface area contributed by atoms with Crippen LogP contribution in [0.2, 0.25) is 0 Å². The number of hydrogen-bond acceptors (Lipinski definition) is 3. The highest BCUT2D eigenvalue weighted by atomic mass is 16.5. The Morgan fingerprint density at radius 3 is 3.14 bits per heavy atom. The summed E-state index contributed by atoms with van der Waals surface area (Å²) in [7, 11) is 0. The van der Waals surface area contributed by atoms with Crippen molar-refractivity contribution in [2.75, 3.05) is 19.7 Å². The number of carbonyl (C=O) groups excluding carboxylic acids is 1. The molecule has 2 unspecified atom stereocenters. The summed E-state index contributed by atoms with van der Waals surface area (Å²) in [4.78, 5) is 13.2. The monoisotopic (exact) mass is 196 g/mol. The van der Waals surface area contributed by atoms with Gasteiger partial charge in [-0.05, 0) is 6.92 Å². The molecule has 0 saturated carbocycles. The first-order valence-electron chi connectivity index (χ1n) is 4.73. The Bertz CT molecular complexity index is 245. The van der Waals surface area contributed by atoms with Gasteiger partial charge in [-0.2, -0.15) is 0 Å². The molecule has 0 aromatic heterocycles. The average molecular weight is 196 g/mol.